The number of nitrogens with one attached hydrogen (secondary N) is 1. The zero-order valence-electron chi connectivity index (χ0n) is 17.1. The van der Waals surface area contributed by atoms with Crippen molar-refractivity contribution in [2.45, 2.75) is 49.4 Å². The summed E-state index contributed by atoms with van der Waals surface area (Å²) in [4.78, 5) is 9.89. The summed E-state index contributed by atoms with van der Waals surface area (Å²) < 4.78 is 0. The lowest BCUT2D eigenvalue weighted by atomic mass is 10.1. The minimum atomic E-state index is 0.554. The smallest absolute Gasteiger partial charge is 0.135 e. The molecule has 5 heteroatoms. The van der Waals surface area contributed by atoms with E-state index in [1.54, 1.807) is 11.8 Å². The number of benzene rings is 2. The van der Waals surface area contributed by atoms with Gasteiger partial charge >= 0.3 is 0 Å². The highest BCUT2D eigenvalue weighted by molar-refractivity contribution is 7.99. The highest BCUT2D eigenvalue weighted by atomic mass is 32.2. The first-order chi connectivity index (χ1) is 13.7. The zero-order chi connectivity index (χ0) is 19.8. The SMILES string of the molecule is CCCCCN(CC)CCNC1=Nc2ccccc2Sc2cc(CN)ccc21. The molecule has 150 valence electrons. The van der Waals surface area contributed by atoms with E-state index in [-0.39, 0.29) is 0 Å². The molecule has 0 atom stereocenters. The van der Waals surface area contributed by atoms with Gasteiger partial charge in [0.2, 0.25) is 0 Å². The Morgan fingerprint density at radius 2 is 1.89 bits per heavy atom. The van der Waals surface area contributed by atoms with Gasteiger partial charge in [0.05, 0.1) is 5.69 Å². The number of hydrogen-bond donors (Lipinski definition) is 2. The second-order valence-electron chi connectivity index (χ2n) is 7.13. The molecule has 0 radical (unpaired) electrons. The molecule has 1 heterocycles. The first kappa shape index (κ1) is 20.9. The lowest BCUT2D eigenvalue weighted by molar-refractivity contribution is 0.286. The molecule has 28 heavy (non-hydrogen) atoms. The predicted molar refractivity (Wildman–Crippen MR) is 121 cm³/mol. The molecule has 4 nitrogen and oxygen atoms in total. The molecule has 3 rings (SSSR count). The molecule has 2 aromatic rings. The average molecular weight is 397 g/mol. The number of unbranched alkanes of at least 4 members (excludes halogenated alkanes) is 2. The summed E-state index contributed by atoms with van der Waals surface area (Å²) in [6.45, 7) is 9.24. The average Bonchev–Trinajstić information content (AvgIpc) is 2.88. The third-order valence-corrected chi connectivity index (χ3v) is 6.22. The Bertz CT molecular complexity index is 803. The fourth-order valence-electron chi connectivity index (χ4n) is 3.39. The number of hydrogen-bond acceptors (Lipinski definition) is 5. The van der Waals surface area contributed by atoms with Crippen LogP contribution < -0.4 is 11.1 Å². The van der Waals surface area contributed by atoms with Gasteiger partial charge in [0.1, 0.15) is 5.84 Å². The van der Waals surface area contributed by atoms with Crippen LogP contribution >= 0.6 is 11.8 Å². The van der Waals surface area contributed by atoms with Gasteiger partial charge in [-0.25, -0.2) is 4.99 Å². The molecule has 0 aromatic heterocycles. The quantitative estimate of drug-likeness (QED) is 0.598. The summed E-state index contributed by atoms with van der Waals surface area (Å²) in [6.07, 6.45) is 3.85. The fraction of sp³-hybridized carbons (Fsp3) is 0.435. The predicted octanol–water partition coefficient (Wildman–Crippen LogP) is 4.79. The largest absolute Gasteiger partial charge is 0.368 e. The van der Waals surface area contributed by atoms with Crippen molar-refractivity contribution in [2.24, 2.45) is 10.7 Å². The van der Waals surface area contributed by atoms with Gasteiger partial charge in [-0.15, -0.1) is 0 Å². The van der Waals surface area contributed by atoms with Gasteiger partial charge in [0.15, 0.2) is 0 Å². The van der Waals surface area contributed by atoms with Crippen molar-refractivity contribution in [3.63, 3.8) is 0 Å². The van der Waals surface area contributed by atoms with Gasteiger partial charge in [-0.3, -0.25) is 0 Å². The molecule has 1 aliphatic heterocycles. The molecule has 0 amide bonds. The van der Waals surface area contributed by atoms with E-state index in [0.29, 0.717) is 6.54 Å². The Balaban J connectivity index is 1.76. The molecular formula is C23H32N4S. The van der Waals surface area contributed by atoms with Crippen molar-refractivity contribution in [3.8, 4) is 0 Å². The van der Waals surface area contributed by atoms with E-state index in [9.17, 15) is 0 Å². The summed E-state index contributed by atoms with van der Waals surface area (Å²) in [5.74, 6) is 0.959. The Morgan fingerprint density at radius 1 is 1.04 bits per heavy atom. The molecule has 0 fully saturated rings. The number of amidine groups is 1. The maximum atomic E-state index is 5.87. The second kappa shape index (κ2) is 10.6. The van der Waals surface area contributed by atoms with E-state index in [0.717, 1.165) is 42.3 Å². The van der Waals surface area contributed by atoms with Crippen molar-refractivity contribution in [1.82, 2.24) is 10.2 Å². The Labute approximate surface area is 173 Å². The maximum absolute atomic E-state index is 5.87. The third-order valence-electron chi connectivity index (χ3n) is 5.10. The zero-order valence-corrected chi connectivity index (χ0v) is 17.9. The van der Waals surface area contributed by atoms with Crippen LogP contribution in [0.2, 0.25) is 0 Å². The standard InChI is InChI=1S/C23H32N4S/c1-3-5-8-14-27(4-2)15-13-25-23-19-12-11-18(17-24)16-22(19)28-21-10-7-6-9-20(21)26-23/h6-7,9-12,16H,3-5,8,13-15,17,24H2,1-2H3,(H,25,26). The number of likely N-dealkylation sites (N-methyl/N-ethyl adjacent to an activating group) is 1. The first-order valence-corrected chi connectivity index (χ1v) is 11.2. The first-order valence-electron chi connectivity index (χ1n) is 10.4. The van der Waals surface area contributed by atoms with Gasteiger partial charge < -0.3 is 16.0 Å². The minimum absolute atomic E-state index is 0.554. The number of rotatable bonds is 9. The van der Waals surface area contributed by atoms with Gasteiger partial charge in [-0.2, -0.15) is 0 Å². The molecule has 1 aliphatic rings. The van der Waals surface area contributed by atoms with Crippen LogP contribution in [-0.4, -0.2) is 36.9 Å². The molecule has 3 N–H and O–H groups in total. The van der Waals surface area contributed by atoms with Gasteiger partial charge in [-0.05, 0) is 49.3 Å². The molecule has 0 spiro atoms. The van der Waals surface area contributed by atoms with Gasteiger partial charge in [0, 0.05) is 35.0 Å². The number of nitrogens with zero attached hydrogens (tertiary/aromatic N) is 2. The molecule has 2 aromatic carbocycles. The maximum Gasteiger partial charge on any atom is 0.135 e. The minimum Gasteiger partial charge on any atom is -0.368 e. The molecule has 0 saturated carbocycles. The van der Waals surface area contributed by atoms with Crippen molar-refractivity contribution in [2.75, 3.05) is 26.2 Å². The van der Waals surface area contributed by atoms with Gasteiger partial charge in [-0.1, -0.05) is 56.7 Å². The number of aliphatic imine (C=N–C) groups is 1. The topological polar surface area (TPSA) is 53.6 Å². The van der Waals surface area contributed by atoms with Crippen LogP contribution in [0.15, 0.2) is 57.2 Å². The lowest BCUT2D eigenvalue weighted by Gasteiger charge is -2.21. The summed E-state index contributed by atoms with van der Waals surface area (Å²) in [6, 6.07) is 14.8. The molecule has 0 bridgehead atoms. The lowest BCUT2D eigenvalue weighted by Crippen LogP contribution is -2.35. The summed E-state index contributed by atoms with van der Waals surface area (Å²) in [5, 5.41) is 3.62. The Morgan fingerprint density at radius 3 is 2.68 bits per heavy atom. The number of para-hydroxylation sites is 1. The van der Waals surface area contributed by atoms with Crippen LogP contribution in [0, 0.1) is 0 Å². The van der Waals surface area contributed by atoms with Crippen LogP contribution in [-0.2, 0) is 6.54 Å². The van der Waals surface area contributed by atoms with E-state index in [1.807, 2.05) is 6.07 Å². The fourth-order valence-corrected chi connectivity index (χ4v) is 4.48. The van der Waals surface area contributed by atoms with Crippen molar-refractivity contribution in [3.05, 3.63) is 53.6 Å². The number of fused-ring (bicyclic) bond motifs is 2. The molecule has 0 unspecified atom stereocenters. The highest BCUT2D eigenvalue weighted by Gasteiger charge is 2.17. The summed E-state index contributed by atoms with van der Waals surface area (Å²) in [5.41, 5.74) is 9.20. The van der Waals surface area contributed by atoms with Gasteiger partial charge in [0.25, 0.3) is 0 Å². The van der Waals surface area contributed by atoms with Crippen LogP contribution in [0.25, 0.3) is 0 Å². The Kier molecular flexibility index (Phi) is 7.95. The van der Waals surface area contributed by atoms with Crippen LogP contribution in [0.3, 0.4) is 0 Å². The normalized spacial score (nSPS) is 12.9. The third kappa shape index (κ3) is 5.37. The van der Waals surface area contributed by atoms with E-state index in [1.165, 1.54) is 35.6 Å². The molecule has 0 aliphatic carbocycles. The monoisotopic (exact) mass is 396 g/mol. The van der Waals surface area contributed by atoms with Crippen molar-refractivity contribution < 1.29 is 0 Å². The Hall–Kier alpha value is -1.82. The summed E-state index contributed by atoms with van der Waals surface area (Å²) >= 11 is 1.77. The highest BCUT2D eigenvalue weighted by Crippen LogP contribution is 2.40. The van der Waals surface area contributed by atoms with E-state index in [2.05, 4.69) is 60.5 Å². The second-order valence-corrected chi connectivity index (χ2v) is 8.22. The van der Waals surface area contributed by atoms with E-state index < -0.39 is 0 Å². The van der Waals surface area contributed by atoms with Crippen LogP contribution in [0.4, 0.5) is 5.69 Å². The van der Waals surface area contributed by atoms with Crippen molar-refractivity contribution >= 4 is 23.3 Å². The van der Waals surface area contributed by atoms with E-state index in [4.69, 9.17) is 10.7 Å². The van der Waals surface area contributed by atoms with Crippen molar-refractivity contribution in [1.29, 1.82) is 0 Å². The summed E-state index contributed by atoms with van der Waals surface area (Å²) in [7, 11) is 0. The molecule has 0 saturated heterocycles. The van der Waals surface area contributed by atoms with E-state index >= 15 is 0 Å². The number of nitrogens with two attached hydrogens (primary N) is 1. The van der Waals surface area contributed by atoms with Crippen LogP contribution in [0.1, 0.15) is 44.2 Å². The van der Waals surface area contributed by atoms with Crippen LogP contribution in [0.5, 0.6) is 0 Å². The molecular weight excluding hydrogens is 364 g/mol.